The Hall–Kier alpha value is -1.13. The highest BCUT2D eigenvalue weighted by atomic mass is 32.1. The molecular formula is C14H18N2OS. The van der Waals surface area contributed by atoms with Crippen molar-refractivity contribution in [3.8, 4) is 0 Å². The van der Waals surface area contributed by atoms with E-state index in [1.165, 1.54) is 4.88 Å². The molecule has 4 heteroatoms. The van der Waals surface area contributed by atoms with Gasteiger partial charge >= 0.3 is 0 Å². The second-order valence-electron chi connectivity index (χ2n) is 5.17. The van der Waals surface area contributed by atoms with E-state index in [-0.39, 0.29) is 5.92 Å². The minimum atomic E-state index is 0.227. The van der Waals surface area contributed by atoms with Crippen LogP contribution in [0.15, 0.2) is 30.2 Å². The van der Waals surface area contributed by atoms with Gasteiger partial charge in [-0.2, -0.15) is 0 Å². The van der Waals surface area contributed by atoms with E-state index < -0.39 is 0 Å². The van der Waals surface area contributed by atoms with Crippen LogP contribution in [0.2, 0.25) is 0 Å². The summed E-state index contributed by atoms with van der Waals surface area (Å²) < 4.78 is 0. The van der Waals surface area contributed by atoms with Gasteiger partial charge < -0.3 is 4.90 Å². The molecule has 0 bridgehead atoms. The first kappa shape index (κ1) is 11.9. The van der Waals surface area contributed by atoms with Gasteiger partial charge in [0.1, 0.15) is 0 Å². The Morgan fingerprint density at radius 3 is 3.00 bits per heavy atom. The molecule has 0 aromatic carbocycles. The molecular weight excluding hydrogens is 244 g/mol. The van der Waals surface area contributed by atoms with E-state index in [0.29, 0.717) is 18.4 Å². The van der Waals surface area contributed by atoms with Crippen LogP contribution in [-0.4, -0.2) is 41.9 Å². The Labute approximate surface area is 112 Å². The molecule has 3 rings (SSSR count). The van der Waals surface area contributed by atoms with Gasteiger partial charge in [0.15, 0.2) is 0 Å². The van der Waals surface area contributed by atoms with Crippen molar-refractivity contribution in [1.29, 1.82) is 0 Å². The molecule has 0 radical (unpaired) electrons. The van der Waals surface area contributed by atoms with Gasteiger partial charge in [-0.05, 0) is 11.4 Å². The van der Waals surface area contributed by atoms with Crippen molar-refractivity contribution in [3.05, 3.63) is 35.0 Å². The van der Waals surface area contributed by atoms with E-state index in [1.54, 1.807) is 11.3 Å². The lowest BCUT2D eigenvalue weighted by molar-refractivity contribution is -0.130. The number of likely N-dealkylation sites (tertiary alicyclic amines) is 2. The third-order valence-corrected chi connectivity index (χ3v) is 4.77. The maximum atomic E-state index is 12.2. The van der Waals surface area contributed by atoms with E-state index in [9.17, 15) is 4.79 Å². The van der Waals surface area contributed by atoms with Crippen molar-refractivity contribution in [2.75, 3.05) is 26.2 Å². The molecule has 0 spiro atoms. The largest absolute Gasteiger partial charge is 0.338 e. The zero-order valence-electron chi connectivity index (χ0n) is 10.4. The van der Waals surface area contributed by atoms with Crippen LogP contribution in [0.25, 0.3) is 0 Å². The number of amides is 1. The molecule has 0 aliphatic carbocycles. The molecule has 2 aliphatic rings. The van der Waals surface area contributed by atoms with Crippen molar-refractivity contribution in [2.45, 2.75) is 6.54 Å². The molecule has 0 N–H and O–H groups in total. The molecule has 96 valence electrons. The topological polar surface area (TPSA) is 23.6 Å². The van der Waals surface area contributed by atoms with Crippen LogP contribution in [-0.2, 0) is 11.3 Å². The summed E-state index contributed by atoms with van der Waals surface area (Å²) in [5.41, 5.74) is 0. The summed E-state index contributed by atoms with van der Waals surface area (Å²) in [7, 11) is 0. The summed E-state index contributed by atoms with van der Waals surface area (Å²) in [6.45, 7) is 8.32. The van der Waals surface area contributed by atoms with Crippen LogP contribution < -0.4 is 0 Å². The van der Waals surface area contributed by atoms with E-state index >= 15 is 0 Å². The second-order valence-corrected chi connectivity index (χ2v) is 6.20. The average molecular weight is 262 g/mol. The van der Waals surface area contributed by atoms with Gasteiger partial charge in [-0.1, -0.05) is 12.1 Å². The van der Waals surface area contributed by atoms with E-state index in [0.717, 1.165) is 26.2 Å². The molecule has 3 heterocycles. The molecule has 2 atom stereocenters. The smallest absolute Gasteiger partial charge is 0.227 e. The number of rotatable bonds is 4. The molecule has 2 fully saturated rings. The van der Waals surface area contributed by atoms with Gasteiger partial charge in [0.2, 0.25) is 5.91 Å². The highest BCUT2D eigenvalue weighted by Gasteiger charge is 2.45. The summed E-state index contributed by atoms with van der Waals surface area (Å²) in [6, 6.07) is 4.26. The predicted octanol–water partition coefficient (Wildman–Crippen LogP) is 1.82. The molecule has 0 saturated carbocycles. The summed E-state index contributed by atoms with van der Waals surface area (Å²) in [5, 5.41) is 2.11. The third-order valence-electron chi connectivity index (χ3n) is 3.91. The van der Waals surface area contributed by atoms with Gasteiger partial charge in [0, 0.05) is 43.5 Å². The molecule has 1 aromatic rings. The van der Waals surface area contributed by atoms with Gasteiger partial charge in [-0.15, -0.1) is 17.9 Å². The molecule has 1 amide bonds. The lowest BCUT2D eigenvalue weighted by Gasteiger charge is -2.20. The maximum Gasteiger partial charge on any atom is 0.227 e. The van der Waals surface area contributed by atoms with Gasteiger partial charge in [-0.3, -0.25) is 9.69 Å². The Morgan fingerprint density at radius 2 is 2.33 bits per heavy atom. The van der Waals surface area contributed by atoms with Crippen molar-refractivity contribution >= 4 is 17.2 Å². The number of carbonyl (C=O) groups is 1. The predicted molar refractivity (Wildman–Crippen MR) is 73.4 cm³/mol. The first-order chi connectivity index (χ1) is 8.78. The summed E-state index contributed by atoms with van der Waals surface area (Å²) in [6.07, 6.45) is 1.82. The number of carbonyl (C=O) groups excluding carboxylic acids is 1. The SMILES string of the molecule is C=CCN1C[C@@H]2CN(Cc3cccs3)C[C@@H]2C1=O. The minimum Gasteiger partial charge on any atom is -0.338 e. The summed E-state index contributed by atoms with van der Waals surface area (Å²) >= 11 is 1.80. The summed E-state index contributed by atoms with van der Waals surface area (Å²) in [4.78, 5) is 17.9. The standard InChI is InChI=1S/C14H18N2OS/c1-2-5-16-8-11-7-15(10-13(11)14(16)17)9-12-4-3-6-18-12/h2-4,6,11,13H,1,5,7-10H2/t11-,13-/m0/s1. The van der Waals surface area contributed by atoms with Crippen LogP contribution in [0.5, 0.6) is 0 Å². The lowest BCUT2D eigenvalue weighted by atomic mass is 10.0. The van der Waals surface area contributed by atoms with Crippen LogP contribution in [0.1, 0.15) is 4.88 Å². The molecule has 3 nitrogen and oxygen atoms in total. The Kier molecular flexibility index (Phi) is 3.22. The molecule has 18 heavy (non-hydrogen) atoms. The average Bonchev–Trinajstić information content (AvgIpc) is 3.02. The Morgan fingerprint density at radius 1 is 1.44 bits per heavy atom. The van der Waals surface area contributed by atoms with Crippen LogP contribution in [0.3, 0.4) is 0 Å². The fraction of sp³-hybridized carbons (Fsp3) is 0.500. The van der Waals surface area contributed by atoms with Gasteiger partial charge in [0.05, 0.1) is 5.92 Å². The Bertz CT molecular complexity index is 443. The van der Waals surface area contributed by atoms with Crippen molar-refractivity contribution < 1.29 is 4.79 Å². The lowest BCUT2D eigenvalue weighted by Crippen LogP contribution is -2.32. The van der Waals surface area contributed by atoms with E-state index in [1.807, 2.05) is 11.0 Å². The first-order valence-corrected chi connectivity index (χ1v) is 7.30. The fourth-order valence-corrected chi connectivity index (χ4v) is 3.85. The monoisotopic (exact) mass is 262 g/mol. The number of fused-ring (bicyclic) bond motifs is 1. The minimum absolute atomic E-state index is 0.227. The third kappa shape index (κ3) is 2.10. The molecule has 2 saturated heterocycles. The maximum absolute atomic E-state index is 12.2. The molecule has 2 aliphatic heterocycles. The molecule has 0 unspecified atom stereocenters. The summed E-state index contributed by atoms with van der Waals surface area (Å²) in [5.74, 6) is 1.08. The fourth-order valence-electron chi connectivity index (χ4n) is 3.11. The quantitative estimate of drug-likeness (QED) is 0.773. The molecule has 1 aromatic heterocycles. The Balaban J connectivity index is 1.61. The number of nitrogens with zero attached hydrogens (tertiary/aromatic N) is 2. The zero-order valence-corrected chi connectivity index (χ0v) is 11.2. The van der Waals surface area contributed by atoms with Gasteiger partial charge in [-0.25, -0.2) is 0 Å². The highest BCUT2D eigenvalue weighted by molar-refractivity contribution is 7.09. The number of hydrogen-bond donors (Lipinski definition) is 0. The van der Waals surface area contributed by atoms with E-state index in [2.05, 4.69) is 29.0 Å². The van der Waals surface area contributed by atoms with Crippen LogP contribution >= 0.6 is 11.3 Å². The van der Waals surface area contributed by atoms with Crippen molar-refractivity contribution in [2.24, 2.45) is 11.8 Å². The number of hydrogen-bond acceptors (Lipinski definition) is 3. The van der Waals surface area contributed by atoms with Crippen LogP contribution in [0.4, 0.5) is 0 Å². The second kappa shape index (κ2) is 4.86. The highest BCUT2D eigenvalue weighted by Crippen LogP contribution is 2.33. The number of thiophene rings is 1. The van der Waals surface area contributed by atoms with E-state index in [4.69, 9.17) is 0 Å². The van der Waals surface area contributed by atoms with Gasteiger partial charge in [0.25, 0.3) is 0 Å². The van der Waals surface area contributed by atoms with Crippen molar-refractivity contribution in [3.63, 3.8) is 0 Å². The van der Waals surface area contributed by atoms with Crippen LogP contribution in [0, 0.1) is 11.8 Å². The zero-order chi connectivity index (χ0) is 12.5. The van der Waals surface area contributed by atoms with Crippen molar-refractivity contribution in [1.82, 2.24) is 9.80 Å². The normalized spacial score (nSPS) is 27.8. The first-order valence-electron chi connectivity index (χ1n) is 6.42.